The maximum absolute atomic E-state index is 5.40. The van der Waals surface area contributed by atoms with Crippen molar-refractivity contribution in [1.29, 1.82) is 0 Å². The Labute approximate surface area is 126 Å². The van der Waals surface area contributed by atoms with Gasteiger partial charge in [-0.05, 0) is 32.1 Å². The van der Waals surface area contributed by atoms with Crippen LogP contribution in [0.2, 0.25) is 0 Å². The molecule has 1 aromatic heterocycles. The lowest BCUT2D eigenvalue weighted by atomic mass is 9.96. The fourth-order valence-corrected chi connectivity index (χ4v) is 2.57. The normalized spacial score (nSPS) is 17.0. The van der Waals surface area contributed by atoms with E-state index >= 15 is 0 Å². The Kier molecular flexibility index (Phi) is 6.04. The molecule has 0 atom stereocenters. The van der Waals surface area contributed by atoms with Crippen LogP contribution in [0, 0.1) is 12.8 Å². The molecular weight excluding hydrogens is 268 g/mol. The first-order valence-corrected chi connectivity index (χ1v) is 7.60. The highest BCUT2D eigenvalue weighted by Crippen LogP contribution is 2.18. The standard InChI is InChI=1S/C15H26N4O2/c1-12-10-14(21-18-12)11-17-15(16-2)19(3)7-4-13-5-8-20-9-6-13/h10,13H,4-9,11H2,1-3H3,(H,16,17). The van der Waals surface area contributed by atoms with E-state index in [1.807, 2.05) is 13.0 Å². The van der Waals surface area contributed by atoms with Gasteiger partial charge < -0.3 is 19.5 Å². The second-order valence-electron chi connectivity index (χ2n) is 5.60. The number of guanidine groups is 1. The molecule has 118 valence electrons. The second kappa shape index (κ2) is 8.02. The minimum Gasteiger partial charge on any atom is -0.381 e. The van der Waals surface area contributed by atoms with Crippen LogP contribution in [0.25, 0.3) is 0 Å². The highest BCUT2D eigenvalue weighted by Gasteiger charge is 2.15. The Morgan fingerprint density at radius 3 is 2.86 bits per heavy atom. The smallest absolute Gasteiger partial charge is 0.193 e. The van der Waals surface area contributed by atoms with Gasteiger partial charge in [0.1, 0.15) is 0 Å². The van der Waals surface area contributed by atoms with Crippen molar-refractivity contribution in [2.75, 3.05) is 33.9 Å². The molecule has 1 aliphatic rings. The summed E-state index contributed by atoms with van der Waals surface area (Å²) in [5, 5.41) is 7.19. The van der Waals surface area contributed by atoms with E-state index < -0.39 is 0 Å². The van der Waals surface area contributed by atoms with E-state index in [4.69, 9.17) is 9.26 Å². The Morgan fingerprint density at radius 2 is 2.24 bits per heavy atom. The summed E-state index contributed by atoms with van der Waals surface area (Å²) in [6.07, 6.45) is 3.54. The molecule has 0 bridgehead atoms. The summed E-state index contributed by atoms with van der Waals surface area (Å²) in [5.74, 6) is 2.49. The molecule has 0 radical (unpaired) electrons. The number of nitrogens with zero attached hydrogens (tertiary/aromatic N) is 3. The summed E-state index contributed by atoms with van der Waals surface area (Å²) in [7, 11) is 3.87. The molecule has 0 spiro atoms. The number of rotatable bonds is 5. The molecule has 6 heteroatoms. The predicted molar refractivity (Wildman–Crippen MR) is 82.2 cm³/mol. The fraction of sp³-hybridized carbons (Fsp3) is 0.733. The molecule has 1 aliphatic heterocycles. The summed E-state index contributed by atoms with van der Waals surface area (Å²) in [6, 6.07) is 1.93. The van der Waals surface area contributed by atoms with Gasteiger partial charge >= 0.3 is 0 Å². The topological polar surface area (TPSA) is 62.9 Å². The number of aliphatic imine (C=N–C) groups is 1. The summed E-state index contributed by atoms with van der Waals surface area (Å²) < 4.78 is 10.6. The number of ether oxygens (including phenoxy) is 1. The highest BCUT2D eigenvalue weighted by atomic mass is 16.5. The number of hydrogen-bond donors (Lipinski definition) is 1. The van der Waals surface area contributed by atoms with E-state index in [0.29, 0.717) is 6.54 Å². The van der Waals surface area contributed by atoms with Crippen molar-refractivity contribution in [1.82, 2.24) is 15.4 Å². The zero-order valence-electron chi connectivity index (χ0n) is 13.3. The number of nitrogens with one attached hydrogen (secondary N) is 1. The zero-order chi connectivity index (χ0) is 15.1. The van der Waals surface area contributed by atoms with Gasteiger partial charge in [0.2, 0.25) is 0 Å². The molecule has 2 heterocycles. The average molecular weight is 294 g/mol. The van der Waals surface area contributed by atoms with E-state index in [-0.39, 0.29) is 0 Å². The highest BCUT2D eigenvalue weighted by molar-refractivity contribution is 5.79. The van der Waals surface area contributed by atoms with E-state index in [0.717, 1.165) is 43.1 Å². The molecule has 1 aromatic rings. The van der Waals surface area contributed by atoms with Gasteiger partial charge in [-0.15, -0.1) is 0 Å². The Bertz CT molecular complexity index is 452. The van der Waals surface area contributed by atoms with Crippen molar-refractivity contribution in [2.45, 2.75) is 32.7 Å². The van der Waals surface area contributed by atoms with Gasteiger partial charge in [0.15, 0.2) is 11.7 Å². The molecule has 0 aromatic carbocycles. The van der Waals surface area contributed by atoms with E-state index in [1.165, 1.54) is 19.3 Å². The van der Waals surface area contributed by atoms with Crippen molar-refractivity contribution in [3.8, 4) is 0 Å². The maximum Gasteiger partial charge on any atom is 0.193 e. The van der Waals surface area contributed by atoms with Crippen molar-refractivity contribution < 1.29 is 9.26 Å². The van der Waals surface area contributed by atoms with Crippen LogP contribution in [0.4, 0.5) is 0 Å². The van der Waals surface area contributed by atoms with Crippen molar-refractivity contribution >= 4 is 5.96 Å². The lowest BCUT2D eigenvalue weighted by molar-refractivity contribution is 0.0625. The summed E-state index contributed by atoms with van der Waals surface area (Å²) in [5.41, 5.74) is 0.898. The van der Waals surface area contributed by atoms with E-state index in [9.17, 15) is 0 Å². The Morgan fingerprint density at radius 1 is 1.48 bits per heavy atom. The molecule has 0 aliphatic carbocycles. The van der Waals surface area contributed by atoms with Crippen molar-refractivity contribution in [3.05, 3.63) is 17.5 Å². The minimum atomic E-state index is 0.606. The van der Waals surface area contributed by atoms with Crippen LogP contribution in [-0.2, 0) is 11.3 Å². The van der Waals surface area contributed by atoms with Gasteiger partial charge in [-0.2, -0.15) is 0 Å². The first kappa shape index (κ1) is 15.8. The lowest BCUT2D eigenvalue weighted by Gasteiger charge is -2.26. The minimum absolute atomic E-state index is 0.606. The van der Waals surface area contributed by atoms with Gasteiger partial charge in [-0.25, -0.2) is 0 Å². The lowest BCUT2D eigenvalue weighted by Crippen LogP contribution is -2.39. The zero-order valence-corrected chi connectivity index (χ0v) is 13.3. The maximum atomic E-state index is 5.40. The fourth-order valence-electron chi connectivity index (χ4n) is 2.57. The molecule has 0 amide bonds. The third kappa shape index (κ3) is 5.04. The van der Waals surface area contributed by atoms with Gasteiger partial charge in [-0.1, -0.05) is 5.16 Å². The Balaban J connectivity index is 1.74. The van der Waals surface area contributed by atoms with Crippen LogP contribution in [0.3, 0.4) is 0 Å². The summed E-state index contributed by atoms with van der Waals surface area (Å²) in [6.45, 7) is 5.34. The van der Waals surface area contributed by atoms with Crippen LogP contribution in [0.5, 0.6) is 0 Å². The quantitative estimate of drug-likeness (QED) is 0.663. The number of aryl methyl sites for hydroxylation is 1. The van der Waals surface area contributed by atoms with Gasteiger partial charge in [0, 0.05) is 39.9 Å². The summed E-state index contributed by atoms with van der Waals surface area (Å²) >= 11 is 0. The Hall–Kier alpha value is -1.56. The molecule has 1 N–H and O–H groups in total. The molecule has 21 heavy (non-hydrogen) atoms. The van der Waals surface area contributed by atoms with Crippen LogP contribution >= 0.6 is 0 Å². The third-order valence-electron chi connectivity index (χ3n) is 3.88. The van der Waals surface area contributed by atoms with Gasteiger partial charge in [0.05, 0.1) is 12.2 Å². The first-order chi connectivity index (χ1) is 10.2. The number of aromatic nitrogens is 1. The molecule has 2 rings (SSSR count). The summed E-state index contributed by atoms with van der Waals surface area (Å²) in [4.78, 5) is 6.48. The van der Waals surface area contributed by atoms with Crippen LogP contribution in [-0.4, -0.2) is 49.9 Å². The number of hydrogen-bond acceptors (Lipinski definition) is 4. The van der Waals surface area contributed by atoms with Crippen molar-refractivity contribution in [2.24, 2.45) is 10.9 Å². The largest absolute Gasteiger partial charge is 0.381 e. The monoisotopic (exact) mass is 294 g/mol. The molecular formula is C15H26N4O2. The molecule has 0 saturated carbocycles. The molecule has 1 fully saturated rings. The SMILES string of the molecule is CN=C(NCc1cc(C)no1)N(C)CCC1CCOCC1. The van der Waals surface area contributed by atoms with E-state index in [2.05, 4.69) is 27.4 Å². The van der Waals surface area contributed by atoms with Gasteiger partial charge in [0.25, 0.3) is 0 Å². The van der Waals surface area contributed by atoms with Gasteiger partial charge in [-0.3, -0.25) is 4.99 Å². The van der Waals surface area contributed by atoms with Crippen LogP contribution in [0.15, 0.2) is 15.6 Å². The molecule has 1 saturated heterocycles. The van der Waals surface area contributed by atoms with E-state index in [1.54, 1.807) is 7.05 Å². The van der Waals surface area contributed by atoms with Crippen molar-refractivity contribution in [3.63, 3.8) is 0 Å². The first-order valence-electron chi connectivity index (χ1n) is 7.60. The third-order valence-corrected chi connectivity index (χ3v) is 3.88. The van der Waals surface area contributed by atoms with Crippen LogP contribution < -0.4 is 5.32 Å². The molecule has 0 unspecified atom stereocenters. The predicted octanol–water partition coefficient (Wildman–Crippen LogP) is 1.81. The average Bonchev–Trinajstić information content (AvgIpc) is 2.92. The van der Waals surface area contributed by atoms with Crippen LogP contribution in [0.1, 0.15) is 30.7 Å². The molecule has 6 nitrogen and oxygen atoms in total. The second-order valence-corrected chi connectivity index (χ2v) is 5.60.